The number of hydrogen-bond acceptors (Lipinski definition) is 3. The van der Waals surface area contributed by atoms with Crippen molar-refractivity contribution in [2.24, 2.45) is 5.41 Å². The Bertz CT molecular complexity index is 322. The zero-order valence-electron chi connectivity index (χ0n) is 13.7. The molecule has 1 saturated carbocycles. The van der Waals surface area contributed by atoms with Gasteiger partial charge in [0.25, 0.3) is 0 Å². The van der Waals surface area contributed by atoms with E-state index in [1.54, 1.807) is 0 Å². The summed E-state index contributed by atoms with van der Waals surface area (Å²) in [5.41, 5.74) is 0.465. The number of hydrogen-bond donors (Lipinski definition) is 1. The largest absolute Gasteiger partial charge is 0.312 e. The summed E-state index contributed by atoms with van der Waals surface area (Å²) in [6.45, 7) is 13.6. The van der Waals surface area contributed by atoms with Gasteiger partial charge in [0.1, 0.15) is 0 Å². The first-order valence-electron chi connectivity index (χ1n) is 8.83. The Kier molecular flexibility index (Phi) is 4.40. The van der Waals surface area contributed by atoms with Gasteiger partial charge in [0.2, 0.25) is 0 Å². The van der Waals surface area contributed by atoms with Crippen LogP contribution in [-0.4, -0.2) is 60.6 Å². The van der Waals surface area contributed by atoms with Gasteiger partial charge in [-0.2, -0.15) is 0 Å². The van der Waals surface area contributed by atoms with Crippen LogP contribution in [0.5, 0.6) is 0 Å². The number of likely N-dealkylation sites (N-methyl/N-ethyl adjacent to an activating group) is 1. The van der Waals surface area contributed by atoms with Crippen LogP contribution in [0.3, 0.4) is 0 Å². The normalized spacial score (nSPS) is 38.9. The fourth-order valence-corrected chi connectivity index (χ4v) is 4.86. The Labute approximate surface area is 125 Å². The van der Waals surface area contributed by atoms with Crippen molar-refractivity contribution in [3.05, 3.63) is 0 Å². The third-order valence-corrected chi connectivity index (χ3v) is 6.06. The van der Waals surface area contributed by atoms with Crippen LogP contribution in [-0.2, 0) is 0 Å². The van der Waals surface area contributed by atoms with E-state index in [9.17, 15) is 0 Å². The standard InChI is InChI=1S/C17H33N3/c1-4-18-16-15(7-9-17(16,2)3)20-12-8-14(13-20)19-10-5-6-11-19/h14-16,18H,4-13H2,1-3H3. The molecule has 0 spiro atoms. The van der Waals surface area contributed by atoms with E-state index in [0.717, 1.165) is 18.6 Å². The van der Waals surface area contributed by atoms with E-state index in [1.165, 1.54) is 58.3 Å². The van der Waals surface area contributed by atoms with Crippen LogP contribution >= 0.6 is 0 Å². The van der Waals surface area contributed by atoms with Gasteiger partial charge in [-0.1, -0.05) is 20.8 Å². The summed E-state index contributed by atoms with van der Waals surface area (Å²) in [6.07, 6.45) is 7.01. The van der Waals surface area contributed by atoms with Gasteiger partial charge < -0.3 is 5.32 Å². The van der Waals surface area contributed by atoms with E-state index in [-0.39, 0.29) is 0 Å². The molecule has 2 saturated heterocycles. The summed E-state index contributed by atoms with van der Waals surface area (Å²) in [4.78, 5) is 5.56. The molecular weight excluding hydrogens is 246 g/mol. The molecule has 3 nitrogen and oxygen atoms in total. The first-order valence-corrected chi connectivity index (χ1v) is 8.83. The molecule has 0 radical (unpaired) electrons. The molecule has 3 rings (SSSR count). The van der Waals surface area contributed by atoms with E-state index in [4.69, 9.17) is 0 Å². The molecule has 3 heteroatoms. The molecular formula is C17H33N3. The lowest BCUT2D eigenvalue weighted by Gasteiger charge is -2.36. The van der Waals surface area contributed by atoms with Gasteiger partial charge in [0.15, 0.2) is 0 Å². The highest BCUT2D eigenvalue weighted by molar-refractivity contribution is 5.03. The molecule has 0 bridgehead atoms. The average Bonchev–Trinajstić information content (AvgIpc) is 3.11. The quantitative estimate of drug-likeness (QED) is 0.852. The Hall–Kier alpha value is -0.120. The van der Waals surface area contributed by atoms with Gasteiger partial charge in [0, 0.05) is 31.2 Å². The maximum absolute atomic E-state index is 3.79. The zero-order chi connectivity index (χ0) is 14.2. The second kappa shape index (κ2) is 5.94. The summed E-state index contributed by atoms with van der Waals surface area (Å²) >= 11 is 0. The summed E-state index contributed by atoms with van der Waals surface area (Å²) in [7, 11) is 0. The van der Waals surface area contributed by atoms with Crippen molar-refractivity contribution in [1.82, 2.24) is 15.1 Å². The fourth-order valence-electron chi connectivity index (χ4n) is 4.86. The molecule has 0 aromatic carbocycles. The summed E-state index contributed by atoms with van der Waals surface area (Å²) in [5, 5.41) is 3.79. The summed E-state index contributed by atoms with van der Waals surface area (Å²) < 4.78 is 0. The molecule has 0 amide bonds. The topological polar surface area (TPSA) is 18.5 Å². The van der Waals surface area contributed by atoms with Gasteiger partial charge >= 0.3 is 0 Å². The van der Waals surface area contributed by atoms with Crippen molar-refractivity contribution in [3.63, 3.8) is 0 Å². The van der Waals surface area contributed by atoms with Crippen LogP contribution in [0, 0.1) is 5.41 Å². The Balaban J connectivity index is 1.61. The molecule has 3 fully saturated rings. The molecule has 20 heavy (non-hydrogen) atoms. The monoisotopic (exact) mass is 279 g/mol. The molecule has 2 heterocycles. The van der Waals surface area contributed by atoms with E-state index in [0.29, 0.717) is 11.5 Å². The van der Waals surface area contributed by atoms with Gasteiger partial charge in [0.05, 0.1) is 0 Å². The lowest BCUT2D eigenvalue weighted by Crippen LogP contribution is -2.51. The predicted molar refractivity (Wildman–Crippen MR) is 85.1 cm³/mol. The molecule has 116 valence electrons. The van der Waals surface area contributed by atoms with Crippen molar-refractivity contribution in [3.8, 4) is 0 Å². The van der Waals surface area contributed by atoms with Gasteiger partial charge in [-0.05, 0) is 57.2 Å². The third kappa shape index (κ3) is 2.77. The van der Waals surface area contributed by atoms with E-state index in [2.05, 4.69) is 35.9 Å². The maximum Gasteiger partial charge on any atom is 0.0274 e. The molecule has 1 N–H and O–H groups in total. The van der Waals surface area contributed by atoms with E-state index in [1.807, 2.05) is 0 Å². The Morgan fingerprint density at radius 2 is 1.80 bits per heavy atom. The Morgan fingerprint density at radius 3 is 2.50 bits per heavy atom. The fraction of sp³-hybridized carbons (Fsp3) is 1.00. The van der Waals surface area contributed by atoms with Gasteiger partial charge in [-0.3, -0.25) is 9.80 Å². The number of nitrogens with one attached hydrogen (secondary N) is 1. The van der Waals surface area contributed by atoms with Crippen molar-refractivity contribution in [2.45, 2.75) is 71.0 Å². The smallest absolute Gasteiger partial charge is 0.0274 e. The third-order valence-electron chi connectivity index (χ3n) is 6.06. The maximum atomic E-state index is 3.79. The second-order valence-corrected chi connectivity index (χ2v) is 7.81. The van der Waals surface area contributed by atoms with Gasteiger partial charge in [-0.25, -0.2) is 0 Å². The van der Waals surface area contributed by atoms with Crippen LogP contribution in [0.25, 0.3) is 0 Å². The molecule has 3 unspecified atom stereocenters. The lowest BCUT2D eigenvalue weighted by atomic mass is 9.86. The van der Waals surface area contributed by atoms with Crippen molar-refractivity contribution in [1.29, 1.82) is 0 Å². The van der Waals surface area contributed by atoms with Crippen molar-refractivity contribution < 1.29 is 0 Å². The Morgan fingerprint density at radius 1 is 1.05 bits per heavy atom. The summed E-state index contributed by atoms with van der Waals surface area (Å²) in [5.74, 6) is 0. The SMILES string of the molecule is CCNC1C(N2CCC(N3CCCC3)C2)CCC1(C)C. The minimum absolute atomic E-state index is 0.465. The molecule has 0 aromatic heterocycles. The van der Waals surface area contributed by atoms with Crippen molar-refractivity contribution in [2.75, 3.05) is 32.7 Å². The molecule has 3 atom stereocenters. The van der Waals surface area contributed by atoms with Gasteiger partial charge in [-0.15, -0.1) is 0 Å². The van der Waals surface area contributed by atoms with Crippen LogP contribution in [0.15, 0.2) is 0 Å². The number of rotatable bonds is 4. The number of nitrogens with zero attached hydrogens (tertiary/aromatic N) is 2. The minimum Gasteiger partial charge on any atom is -0.312 e. The highest BCUT2D eigenvalue weighted by atomic mass is 15.3. The van der Waals surface area contributed by atoms with Crippen LogP contribution in [0.1, 0.15) is 52.9 Å². The molecule has 2 aliphatic heterocycles. The average molecular weight is 279 g/mol. The summed E-state index contributed by atoms with van der Waals surface area (Å²) in [6, 6.07) is 2.31. The molecule has 1 aliphatic carbocycles. The van der Waals surface area contributed by atoms with Crippen molar-refractivity contribution >= 4 is 0 Å². The molecule has 0 aromatic rings. The van der Waals surface area contributed by atoms with Crippen LogP contribution < -0.4 is 5.32 Å². The lowest BCUT2D eigenvalue weighted by molar-refractivity contribution is 0.156. The predicted octanol–water partition coefficient (Wildman–Crippen LogP) is 2.32. The highest BCUT2D eigenvalue weighted by Gasteiger charge is 2.45. The van der Waals surface area contributed by atoms with Crippen LogP contribution in [0.4, 0.5) is 0 Å². The first-order chi connectivity index (χ1) is 9.62. The minimum atomic E-state index is 0.465. The first kappa shape index (κ1) is 14.8. The second-order valence-electron chi connectivity index (χ2n) is 7.81. The van der Waals surface area contributed by atoms with E-state index < -0.39 is 0 Å². The van der Waals surface area contributed by atoms with Crippen LogP contribution in [0.2, 0.25) is 0 Å². The highest BCUT2D eigenvalue weighted by Crippen LogP contribution is 2.41. The van der Waals surface area contributed by atoms with E-state index >= 15 is 0 Å². The molecule has 3 aliphatic rings. The number of likely N-dealkylation sites (tertiary alicyclic amines) is 2. The zero-order valence-corrected chi connectivity index (χ0v) is 13.7.